The maximum Gasteiger partial charge on any atom is 0.276 e. The van der Waals surface area contributed by atoms with Crippen molar-refractivity contribution in [3.05, 3.63) is 45.9 Å². The van der Waals surface area contributed by atoms with Crippen molar-refractivity contribution in [3.63, 3.8) is 0 Å². The lowest BCUT2D eigenvalue weighted by atomic mass is 9.89. The molecule has 0 aliphatic heterocycles. The third-order valence-electron chi connectivity index (χ3n) is 5.27. The monoisotopic (exact) mass is 387 g/mol. The number of hydrogen-bond acceptors (Lipinski definition) is 5. The van der Waals surface area contributed by atoms with E-state index in [0.717, 1.165) is 35.2 Å². The molecule has 4 nitrogen and oxygen atoms in total. The van der Waals surface area contributed by atoms with E-state index in [0.29, 0.717) is 22.0 Å². The van der Waals surface area contributed by atoms with E-state index in [1.165, 1.54) is 42.2 Å². The summed E-state index contributed by atoms with van der Waals surface area (Å²) in [4.78, 5) is 4.61. The van der Waals surface area contributed by atoms with Gasteiger partial charge in [0.2, 0.25) is 5.89 Å². The fourth-order valence-electron chi connectivity index (χ4n) is 3.54. The lowest BCUT2D eigenvalue weighted by molar-refractivity contribution is 0.334. The third-order valence-corrected chi connectivity index (χ3v) is 6.46. The van der Waals surface area contributed by atoms with E-state index in [-0.39, 0.29) is 0 Å². The number of aromatic nitrogens is 3. The Labute approximate surface area is 162 Å². The SMILES string of the molecule is Cc1ccc2cc(CSc3nnc(C4CCCCC4)o3)c(Cl)nc2c1C. The van der Waals surface area contributed by atoms with Gasteiger partial charge in [0.25, 0.3) is 5.22 Å². The molecule has 0 N–H and O–H groups in total. The molecule has 0 spiro atoms. The Morgan fingerprint density at radius 3 is 2.77 bits per heavy atom. The van der Waals surface area contributed by atoms with Gasteiger partial charge in [0.1, 0.15) is 5.15 Å². The van der Waals surface area contributed by atoms with Gasteiger partial charge in [-0.1, -0.05) is 54.8 Å². The minimum absolute atomic E-state index is 0.433. The van der Waals surface area contributed by atoms with Gasteiger partial charge in [-0.05, 0) is 43.9 Å². The smallest absolute Gasteiger partial charge is 0.276 e. The van der Waals surface area contributed by atoms with Gasteiger partial charge in [0.05, 0.1) is 5.52 Å². The average Bonchev–Trinajstić information content (AvgIpc) is 3.14. The van der Waals surface area contributed by atoms with Crippen molar-refractivity contribution in [2.24, 2.45) is 0 Å². The summed E-state index contributed by atoms with van der Waals surface area (Å²) < 4.78 is 5.88. The number of aryl methyl sites for hydroxylation is 2. The normalized spacial score (nSPS) is 15.7. The molecule has 0 radical (unpaired) electrons. The first kappa shape index (κ1) is 17.8. The first-order valence-corrected chi connectivity index (χ1v) is 10.5. The van der Waals surface area contributed by atoms with Crippen molar-refractivity contribution in [1.29, 1.82) is 0 Å². The average molecular weight is 388 g/mol. The Morgan fingerprint density at radius 2 is 1.96 bits per heavy atom. The van der Waals surface area contributed by atoms with Crippen LogP contribution in [0.3, 0.4) is 0 Å². The van der Waals surface area contributed by atoms with Crippen LogP contribution in [0.15, 0.2) is 27.8 Å². The summed E-state index contributed by atoms with van der Waals surface area (Å²) in [5.74, 6) is 1.89. The lowest BCUT2D eigenvalue weighted by Crippen LogP contribution is -2.04. The van der Waals surface area contributed by atoms with Crippen molar-refractivity contribution in [2.45, 2.75) is 62.8 Å². The largest absolute Gasteiger partial charge is 0.416 e. The predicted octanol–water partition coefficient (Wildman–Crippen LogP) is 6.23. The summed E-state index contributed by atoms with van der Waals surface area (Å²) in [5.41, 5.74) is 4.37. The van der Waals surface area contributed by atoms with Crippen LogP contribution < -0.4 is 0 Å². The van der Waals surface area contributed by atoms with Crippen molar-refractivity contribution in [1.82, 2.24) is 15.2 Å². The maximum atomic E-state index is 6.43. The molecular weight excluding hydrogens is 366 g/mol. The molecule has 1 aromatic carbocycles. The molecule has 26 heavy (non-hydrogen) atoms. The zero-order chi connectivity index (χ0) is 18.1. The first-order valence-electron chi connectivity index (χ1n) is 9.13. The number of hydrogen-bond donors (Lipinski definition) is 0. The second kappa shape index (κ2) is 7.57. The van der Waals surface area contributed by atoms with Gasteiger partial charge in [0, 0.05) is 22.6 Å². The van der Waals surface area contributed by atoms with Crippen LogP contribution in [-0.2, 0) is 5.75 Å². The van der Waals surface area contributed by atoms with Crippen LogP contribution in [0.1, 0.15) is 60.6 Å². The summed E-state index contributed by atoms with van der Waals surface area (Å²) in [6, 6.07) is 6.34. The number of pyridine rings is 1. The van der Waals surface area contributed by atoms with Crippen LogP contribution in [-0.4, -0.2) is 15.2 Å². The molecule has 1 aliphatic rings. The fourth-order valence-corrected chi connectivity index (χ4v) is 4.57. The molecule has 0 unspecified atom stereocenters. The quantitative estimate of drug-likeness (QED) is 0.392. The zero-order valence-corrected chi connectivity index (χ0v) is 16.7. The number of benzene rings is 1. The Balaban J connectivity index is 1.50. The van der Waals surface area contributed by atoms with Gasteiger partial charge in [-0.15, -0.1) is 10.2 Å². The molecule has 2 heterocycles. The Morgan fingerprint density at radius 1 is 1.15 bits per heavy atom. The number of halogens is 1. The number of fused-ring (bicyclic) bond motifs is 1. The van der Waals surface area contributed by atoms with E-state index in [1.54, 1.807) is 0 Å². The molecule has 1 fully saturated rings. The van der Waals surface area contributed by atoms with Crippen molar-refractivity contribution in [2.75, 3.05) is 0 Å². The molecule has 0 saturated heterocycles. The minimum Gasteiger partial charge on any atom is -0.416 e. The summed E-state index contributed by atoms with van der Waals surface area (Å²) in [5, 5.41) is 10.7. The van der Waals surface area contributed by atoms with E-state index >= 15 is 0 Å². The maximum absolute atomic E-state index is 6.43. The molecule has 0 atom stereocenters. The molecule has 1 aliphatic carbocycles. The third kappa shape index (κ3) is 3.60. The predicted molar refractivity (Wildman–Crippen MR) is 106 cm³/mol. The summed E-state index contributed by atoms with van der Waals surface area (Å²) in [7, 11) is 0. The van der Waals surface area contributed by atoms with Crippen molar-refractivity contribution >= 4 is 34.3 Å². The van der Waals surface area contributed by atoms with Gasteiger partial charge >= 0.3 is 0 Å². The van der Waals surface area contributed by atoms with E-state index in [2.05, 4.69) is 47.2 Å². The second-order valence-corrected chi connectivity index (χ2v) is 8.33. The molecule has 0 bridgehead atoms. The number of rotatable bonds is 4. The molecule has 6 heteroatoms. The van der Waals surface area contributed by atoms with Gasteiger partial charge in [0.15, 0.2) is 0 Å². The van der Waals surface area contributed by atoms with Crippen molar-refractivity contribution < 1.29 is 4.42 Å². The van der Waals surface area contributed by atoms with Crippen LogP contribution in [0, 0.1) is 13.8 Å². The van der Waals surface area contributed by atoms with Crippen molar-refractivity contribution in [3.8, 4) is 0 Å². The highest BCUT2D eigenvalue weighted by atomic mass is 35.5. The molecule has 1 saturated carbocycles. The summed E-state index contributed by atoms with van der Waals surface area (Å²) >= 11 is 7.95. The topological polar surface area (TPSA) is 51.8 Å². The van der Waals surface area contributed by atoms with Crippen LogP contribution in [0.2, 0.25) is 5.15 Å². The van der Waals surface area contributed by atoms with E-state index in [4.69, 9.17) is 16.0 Å². The highest BCUT2D eigenvalue weighted by Crippen LogP contribution is 2.34. The molecule has 4 rings (SSSR count). The van der Waals surface area contributed by atoms with Gasteiger partial charge < -0.3 is 4.42 Å². The van der Waals surface area contributed by atoms with Gasteiger partial charge in [-0.25, -0.2) is 4.98 Å². The fraction of sp³-hybridized carbons (Fsp3) is 0.450. The van der Waals surface area contributed by atoms with E-state index in [9.17, 15) is 0 Å². The van der Waals surface area contributed by atoms with Crippen LogP contribution in [0.5, 0.6) is 0 Å². The number of nitrogens with zero attached hydrogens (tertiary/aromatic N) is 3. The molecular formula is C20H22ClN3OS. The Bertz CT molecular complexity index is 934. The minimum atomic E-state index is 0.433. The van der Waals surface area contributed by atoms with Crippen LogP contribution >= 0.6 is 23.4 Å². The Hall–Kier alpha value is -1.59. The van der Waals surface area contributed by atoms with Crippen LogP contribution in [0.4, 0.5) is 0 Å². The highest BCUT2D eigenvalue weighted by molar-refractivity contribution is 7.98. The summed E-state index contributed by atoms with van der Waals surface area (Å²) in [6.45, 7) is 4.17. The molecule has 136 valence electrons. The van der Waals surface area contributed by atoms with Gasteiger partial charge in [-0.2, -0.15) is 0 Å². The summed E-state index contributed by atoms with van der Waals surface area (Å²) in [6.07, 6.45) is 6.15. The van der Waals surface area contributed by atoms with Gasteiger partial charge in [-0.3, -0.25) is 0 Å². The molecule has 3 aromatic rings. The second-order valence-electron chi connectivity index (χ2n) is 7.05. The molecule has 2 aromatic heterocycles. The first-order chi connectivity index (χ1) is 12.6. The Kier molecular flexibility index (Phi) is 5.18. The van der Waals surface area contributed by atoms with Crippen LogP contribution in [0.25, 0.3) is 10.9 Å². The lowest BCUT2D eigenvalue weighted by Gasteiger charge is -2.17. The standard InChI is InChI=1S/C20H22ClN3OS/c1-12-8-9-15-10-16(18(21)22-17(15)13(12)2)11-26-20-24-23-19(25-20)14-6-4-3-5-7-14/h8-10,14H,3-7,11H2,1-2H3. The van der Waals surface area contributed by atoms with E-state index < -0.39 is 0 Å². The number of thioether (sulfide) groups is 1. The molecule has 0 amide bonds. The highest BCUT2D eigenvalue weighted by Gasteiger charge is 2.21. The zero-order valence-electron chi connectivity index (χ0n) is 15.1. The van der Waals surface area contributed by atoms with E-state index in [1.807, 2.05) is 0 Å².